The second-order valence-corrected chi connectivity index (χ2v) is 14.0. The Morgan fingerprint density at radius 3 is 2.51 bits per heavy atom. The van der Waals surface area contributed by atoms with Gasteiger partial charge in [0.05, 0.1) is 17.5 Å². The van der Waals surface area contributed by atoms with Gasteiger partial charge in [0.15, 0.2) is 5.82 Å². The summed E-state index contributed by atoms with van der Waals surface area (Å²) in [6.45, 7) is 6.00. The third-order valence-electron chi connectivity index (χ3n) is 11.0. The zero-order chi connectivity index (χ0) is 32.1. The van der Waals surface area contributed by atoms with Gasteiger partial charge in [0, 0.05) is 61.5 Å². The highest BCUT2D eigenvalue weighted by Gasteiger charge is 2.51. The zero-order valence-electron chi connectivity index (χ0n) is 27.4. The van der Waals surface area contributed by atoms with Crippen molar-refractivity contribution in [1.82, 2.24) is 39.7 Å². The molecule has 1 atom stereocenters. The Bertz CT molecular complexity index is 1830. The van der Waals surface area contributed by atoms with Gasteiger partial charge in [0.1, 0.15) is 6.33 Å². The Morgan fingerprint density at radius 2 is 1.77 bits per heavy atom. The highest BCUT2D eigenvalue weighted by Crippen LogP contribution is 2.43. The van der Waals surface area contributed by atoms with Crippen LogP contribution >= 0.6 is 0 Å². The van der Waals surface area contributed by atoms with Crippen LogP contribution in [0.25, 0.3) is 27.9 Å². The van der Waals surface area contributed by atoms with Gasteiger partial charge in [-0.3, -0.25) is 24.3 Å². The first-order valence-corrected chi connectivity index (χ1v) is 17.0. The number of H-pyrrole nitrogens is 1. The van der Waals surface area contributed by atoms with Crippen molar-refractivity contribution in [3.05, 3.63) is 66.1 Å². The Morgan fingerprint density at radius 1 is 0.979 bits per heavy atom. The highest BCUT2D eigenvalue weighted by atomic mass is 16.2. The number of aromatic nitrogens is 5. The Balaban J connectivity index is 0.880. The van der Waals surface area contributed by atoms with Crippen LogP contribution in [0.1, 0.15) is 49.3 Å². The molecule has 2 amide bonds. The summed E-state index contributed by atoms with van der Waals surface area (Å²) >= 11 is 0. The van der Waals surface area contributed by atoms with Gasteiger partial charge in [-0.1, -0.05) is 30.3 Å². The first-order chi connectivity index (χ1) is 22.8. The highest BCUT2D eigenvalue weighted by molar-refractivity contribution is 6.02. The molecule has 4 aliphatic rings. The number of benzene rings is 2. The molecular formula is C36H43N9O2. The number of likely N-dealkylation sites (tertiary alicyclic amines) is 2. The van der Waals surface area contributed by atoms with Crippen molar-refractivity contribution in [1.29, 1.82) is 0 Å². The van der Waals surface area contributed by atoms with Crippen LogP contribution in [0.15, 0.2) is 54.9 Å². The van der Waals surface area contributed by atoms with Crippen molar-refractivity contribution < 1.29 is 9.59 Å². The average molecular weight is 634 g/mol. The molecule has 1 spiro atoms. The number of piperidine rings is 1. The van der Waals surface area contributed by atoms with E-state index in [9.17, 15) is 9.59 Å². The molecule has 3 fully saturated rings. The van der Waals surface area contributed by atoms with Crippen molar-refractivity contribution >= 4 is 34.0 Å². The van der Waals surface area contributed by atoms with Crippen LogP contribution < -0.4 is 4.90 Å². The lowest BCUT2D eigenvalue weighted by atomic mass is 9.85. The average Bonchev–Trinajstić information content (AvgIpc) is 3.89. The lowest BCUT2D eigenvalue weighted by Gasteiger charge is -2.29. The fourth-order valence-corrected chi connectivity index (χ4v) is 8.09. The van der Waals surface area contributed by atoms with Crippen LogP contribution in [0.5, 0.6) is 0 Å². The van der Waals surface area contributed by atoms with Gasteiger partial charge < -0.3 is 14.7 Å². The maximum Gasteiger partial charge on any atom is 0.237 e. The van der Waals surface area contributed by atoms with Gasteiger partial charge in [-0.25, -0.2) is 4.98 Å². The number of rotatable bonds is 6. The lowest BCUT2D eigenvalue weighted by Crippen LogP contribution is -2.43. The SMILES string of the molecule is CN1CCC(c2[nH]nc3ccc(N4CC[C@]5(CCN(CC(=O)N6CC=C(c7ccc(-c8ncn(C)n8)cc7)CC6)C5)C4=O)cc23)CC1. The number of hydrogen-bond donors (Lipinski definition) is 1. The fourth-order valence-electron chi connectivity index (χ4n) is 8.09. The van der Waals surface area contributed by atoms with E-state index in [1.807, 2.05) is 29.0 Å². The molecule has 8 rings (SSSR count). The summed E-state index contributed by atoms with van der Waals surface area (Å²) in [7, 11) is 4.04. The molecule has 0 aliphatic carbocycles. The van der Waals surface area contributed by atoms with Crippen LogP contribution in [-0.2, 0) is 16.6 Å². The van der Waals surface area contributed by atoms with Gasteiger partial charge >= 0.3 is 0 Å². The van der Waals surface area contributed by atoms with E-state index in [-0.39, 0.29) is 11.8 Å². The molecule has 6 heterocycles. The fraction of sp³-hybridized carbons (Fsp3) is 0.472. The van der Waals surface area contributed by atoms with Crippen LogP contribution in [0.2, 0.25) is 0 Å². The summed E-state index contributed by atoms with van der Waals surface area (Å²) in [5, 5.41) is 13.4. The van der Waals surface area contributed by atoms with Crippen LogP contribution in [0, 0.1) is 5.41 Å². The molecule has 47 heavy (non-hydrogen) atoms. The monoisotopic (exact) mass is 633 g/mol. The van der Waals surface area contributed by atoms with Gasteiger partial charge in [0.2, 0.25) is 11.8 Å². The molecule has 4 aromatic rings. The minimum absolute atomic E-state index is 0.142. The zero-order valence-corrected chi connectivity index (χ0v) is 27.4. The number of carbonyl (C=O) groups excluding carboxylic acids is 2. The lowest BCUT2D eigenvalue weighted by molar-refractivity contribution is -0.132. The summed E-state index contributed by atoms with van der Waals surface area (Å²) < 4.78 is 1.70. The molecule has 0 radical (unpaired) electrons. The second-order valence-electron chi connectivity index (χ2n) is 14.0. The molecule has 2 aromatic carbocycles. The molecule has 11 nitrogen and oxygen atoms in total. The molecule has 0 bridgehead atoms. The molecule has 11 heteroatoms. The molecule has 0 unspecified atom stereocenters. The normalized spacial score (nSPS) is 23.0. The van der Waals surface area contributed by atoms with Crippen LogP contribution in [0.3, 0.4) is 0 Å². The number of aryl methyl sites for hydroxylation is 1. The van der Waals surface area contributed by atoms with E-state index >= 15 is 0 Å². The minimum Gasteiger partial charge on any atom is -0.338 e. The largest absolute Gasteiger partial charge is 0.338 e. The van der Waals surface area contributed by atoms with Crippen LogP contribution in [0.4, 0.5) is 5.69 Å². The summed E-state index contributed by atoms with van der Waals surface area (Å²) in [6, 6.07) is 14.6. The predicted molar refractivity (Wildman–Crippen MR) is 182 cm³/mol. The topological polar surface area (TPSA) is 106 Å². The first kappa shape index (κ1) is 30.0. The van der Waals surface area contributed by atoms with E-state index in [2.05, 4.69) is 73.5 Å². The van der Waals surface area contributed by atoms with Crippen molar-refractivity contribution in [2.75, 3.05) is 64.3 Å². The number of anilines is 1. The van der Waals surface area contributed by atoms with Crippen molar-refractivity contribution in [3.63, 3.8) is 0 Å². The number of hydrogen-bond acceptors (Lipinski definition) is 7. The smallest absolute Gasteiger partial charge is 0.237 e. The predicted octanol–water partition coefficient (Wildman–Crippen LogP) is 3.91. The molecule has 1 N–H and O–H groups in total. The summed E-state index contributed by atoms with van der Waals surface area (Å²) in [6.07, 6.45) is 8.57. The molecule has 2 aromatic heterocycles. The molecule has 0 saturated carbocycles. The van der Waals surface area contributed by atoms with Gasteiger partial charge in [-0.2, -0.15) is 10.2 Å². The molecule has 3 saturated heterocycles. The summed E-state index contributed by atoms with van der Waals surface area (Å²) in [4.78, 5) is 40.2. The molecule has 4 aliphatic heterocycles. The maximum absolute atomic E-state index is 14.0. The third-order valence-corrected chi connectivity index (χ3v) is 11.0. The Hall–Kier alpha value is -4.35. The number of nitrogens with zero attached hydrogens (tertiary/aromatic N) is 8. The van der Waals surface area contributed by atoms with E-state index in [1.165, 1.54) is 16.8 Å². The van der Waals surface area contributed by atoms with Crippen LogP contribution in [-0.4, -0.2) is 111 Å². The van der Waals surface area contributed by atoms with E-state index in [0.29, 0.717) is 38.6 Å². The van der Waals surface area contributed by atoms with Gasteiger partial charge in [-0.15, -0.1) is 0 Å². The number of amides is 2. The summed E-state index contributed by atoms with van der Waals surface area (Å²) in [5.41, 5.74) is 6.15. The minimum atomic E-state index is -0.408. The van der Waals surface area contributed by atoms with Gasteiger partial charge in [0.25, 0.3) is 0 Å². The standard InChI is InChI=1S/C36H43N9O2/c1-41-15-9-27(10-16-41)33-30-21-29(7-8-31(30)38-39-33)45-20-14-36(35(45)47)13-19-43(23-36)22-32(46)44-17-11-26(12-18-44)25-3-5-28(6-4-25)34-37-24-42(2)40-34/h3-8,11,21,24,27H,9-10,12-20,22-23H2,1-2H3,(H,38,39)/t36-/m0/s1. The van der Waals surface area contributed by atoms with E-state index in [0.717, 1.165) is 79.7 Å². The second kappa shape index (κ2) is 12.0. The number of carbonyl (C=O) groups is 2. The van der Waals surface area contributed by atoms with Crippen molar-refractivity contribution in [3.8, 4) is 11.4 Å². The summed E-state index contributed by atoms with van der Waals surface area (Å²) in [5.74, 6) is 1.53. The number of aromatic amines is 1. The number of fused-ring (bicyclic) bond motifs is 1. The van der Waals surface area contributed by atoms with E-state index in [4.69, 9.17) is 0 Å². The Labute approximate surface area is 275 Å². The van der Waals surface area contributed by atoms with E-state index in [1.54, 1.807) is 11.0 Å². The van der Waals surface area contributed by atoms with Gasteiger partial charge in [-0.05, 0) is 88.1 Å². The van der Waals surface area contributed by atoms with E-state index < -0.39 is 5.41 Å². The molecule has 244 valence electrons. The van der Waals surface area contributed by atoms with Crippen molar-refractivity contribution in [2.45, 2.75) is 38.0 Å². The third kappa shape index (κ3) is 5.65. The van der Waals surface area contributed by atoms with Crippen molar-refractivity contribution in [2.24, 2.45) is 12.5 Å². The molecular weight excluding hydrogens is 590 g/mol. The maximum atomic E-state index is 14.0. The number of nitrogens with one attached hydrogen (secondary N) is 1. The Kier molecular flexibility index (Phi) is 7.68. The quantitative estimate of drug-likeness (QED) is 0.343. The first-order valence-electron chi connectivity index (χ1n) is 17.0.